The summed E-state index contributed by atoms with van der Waals surface area (Å²) in [6.07, 6.45) is 4.14. The lowest BCUT2D eigenvalue weighted by Crippen LogP contribution is -2.35. The van der Waals surface area contributed by atoms with Crippen LogP contribution in [-0.2, 0) is 19.5 Å². The summed E-state index contributed by atoms with van der Waals surface area (Å²) in [6.45, 7) is 2.36. The Morgan fingerprint density at radius 2 is 2.08 bits per heavy atom. The molecule has 5 nitrogen and oxygen atoms in total. The second-order valence-electron chi connectivity index (χ2n) is 6.13. The Labute approximate surface area is 153 Å². The number of aromatic nitrogens is 3. The second kappa shape index (κ2) is 6.90. The molecule has 0 saturated carbocycles. The number of hydrogen-bond donors (Lipinski definition) is 1. The third kappa shape index (κ3) is 3.41. The van der Waals surface area contributed by atoms with E-state index in [1.807, 2.05) is 24.3 Å². The third-order valence-corrected chi connectivity index (χ3v) is 5.21. The van der Waals surface area contributed by atoms with E-state index >= 15 is 0 Å². The first-order valence-electron chi connectivity index (χ1n) is 8.19. The molecular weight excluding hydrogens is 380 g/mol. The summed E-state index contributed by atoms with van der Waals surface area (Å²) < 4.78 is 1.11. The van der Waals surface area contributed by atoms with Crippen LogP contribution >= 0.6 is 15.9 Å². The maximum Gasteiger partial charge on any atom is 0.254 e. The van der Waals surface area contributed by atoms with E-state index in [0.717, 1.165) is 40.8 Å². The van der Waals surface area contributed by atoms with Crippen LogP contribution < -0.4 is 5.56 Å². The number of H-pyrrole nitrogens is 1. The van der Waals surface area contributed by atoms with Crippen LogP contribution in [0, 0.1) is 0 Å². The van der Waals surface area contributed by atoms with E-state index in [1.54, 1.807) is 12.4 Å². The van der Waals surface area contributed by atoms with Crippen LogP contribution in [0.5, 0.6) is 0 Å². The summed E-state index contributed by atoms with van der Waals surface area (Å²) >= 11 is 3.60. The zero-order valence-corrected chi connectivity index (χ0v) is 15.2. The van der Waals surface area contributed by atoms with Crippen LogP contribution in [0.4, 0.5) is 0 Å². The summed E-state index contributed by atoms with van der Waals surface area (Å²) in [4.78, 5) is 26.5. The van der Waals surface area contributed by atoms with Gasteiger partial charge in [-0.2, -0.15) is 0 Å². The normalized spacial score (nSPS) is 14.3. The lowest BCUT2D eigenvalue weighted by molar-refractivity contribution is 0.240. The molecule has 0 radical (unpaired) electrons. The predicted molar refractivity (Wildman–Crippen MR) is 100 cm³/mol. The van der Waals surface area contributed by atoms with Crippen LogP contribution in [-0.4, -0.2) is 26.4 Å². The van der Waals surface area contributed by atoms with Gasteiger partial charge in [-0.3, -0.25) is 14.7 Å². The molecule has 1 aliphatic rings. The van der Waals surface area contributed by atoms with Crippen molar-refractivity contribution in [2.75, 3.05) is 6.54 Å². The minimum absolute atomic E-state index is 0.0376. The molecule has 0 bridgehead atoms. The average Bonchev–Trinajstić information content (AvgIpc) is 2.64. The molecule has 0 atom stereocenters. The Morgan fingerprint density at radius 3 is 2.88 bits per heavy atom. The lowest BCUT2D eigenvalue weighted by Gasteiger charge is -2.28. The molecule has 126 valence electrons. The monoisotopic (exact) mass is 396 g/mol. The third-order valence-electron chi connectivity index (χ3n) is 4.44. The van der Waals surface area contributed by atoms with Gasteiger partial charge in [0.25, 0.3) is 5.56 Å². The average molecular weight is 397 g/mol. The van der Waals surface area contributed by atoms with Crippen molar-refractivity contribution in [1.82, 2.24) is 19.9 Å². The van der Waals surface area contributed by atoms with Gasteiger partial charge in [-0.25, -0.2) is 4.98 Å². The standard InChI is InChI=1S/C19H17BrN4O/c20-16-6-2-1-4-14(16)11-24-9-7-15-17(12-24)22-18(23-19(15)25)13-5-3-8-21-10-13/h1-6,8,10H,7,9,11-12H2,(H,22,23,25). The largest absolute Gasteiger partial charge is 0.306 e. The topological polar surface area (TPSA) is 61.9 Å². The number of nitrogens with one attached hydrogen (secondary N) is 1. The lowest BCUT2D eigenvalue weighted by atomic mass is 10.1. The van der Waals surface area contributed by atoms with Crippen molar-refractivity contribution >= 4 is 15.9 Å². The summed E-state index contributed by atoms with van der Waals surface area (Å²) in [7, 11) is 0. The summed E-state index contributed by atoms with van der Waals surface area (Å²) in [5.74, 6) is 0.583. The van der Waals surface area contributed by atoms with Gasteiger partial charge >= 0.3 is 0 Å². The zero-order valence-electron chi connectivity index (χ0n) is 13.6. The Bertz CT molecular complexity index is 955. The molecule has 0 unspecified atom stereocenters. The Kier molecular flexibility index (Phi) is 4.46. The van der Waals surface area contributed by atoms with Gasteiger partial charge in [0, 0.05) is 47.6 Å². The molecule has 1 aromatic carbocycles. The first kappa shape index (κ1) is 16.2. The van der Waals surface area contributed by atoms with Gasteiger partial charge in [-0.05, 0) is 30.2 Å². The number of rotatable bonds is 3. The summed E-state index contributed by atoms with van der Waals surface area (Å²) in [5.41, 5.74) is 3.69. The molecule has 1 N–H and O–H groups in total. The van der Waals surface area contributed by atoms with Gasteiger partial charge < -0.3 is 4.98 Å². The minimum atomic E-state index is -0.0376. The molecular formula is C19H17BrN4O. The van der Waals surface area contributed by atoms with Gasteiger partial charge in [0.1, 0.15) is 5.82 Å². The molecule has 0 spiro atoms. The molecule has 0 saturated heterocycles. The van der Waals surface area contributed by atoms with Crippen LogP contribution in [0.15, 0.2) is 58.1 Å². The molecule has 4 rings (SSSR count). The van der Waals surface area contributed by atoms with Crippen molar-refractivity contribution in [2.24, 2.45) is 0 Å². The van der Waals surface area contributed by atoms with Crippen LogP contribution in [0.2, 0.25) is 0 Å². The molecule has 0 fully saturated rings. The highest BCUT2D eigenvalue weighted by atomic mass is 79.9. The highest BCUT2D eigenvalue weighted by Crippen LogP contribution is 2.22. The number of fused-ring (bicyclic) bond motifs is 1. The van der Waals surface area contributed by atoms with E-state index < -0.39 is 0 Å². The van der Waals surface area contributed by atoms with Crippen molar-refractivity contribution in [1.29, 1.82) is 0 Å². The smallest absolute Gasteiger partial charge is 0.254 e. The number of nitrogens with zero attached hydrogens (tertiary/aromatic N) is 3. The summed E-state index contributed by atoms with van der Waals surface area (Å²) in [6, 6.07) is 12.0. The van der Waals surface area contributed by atoms with Crippen LogP contribution in [0.1, 0.15) is 16.8 Å². The maximum atomic E-state index is 12.4. The van der Waals surface area contributed by atoms with Crippen molar-refractivity contribution in [3.05, 3.63) is 80.4 Å². The van der Waals surface area contributed by atoms with Gasteiger partial charge in [-0.15, -0.1) is 0 Å². The van der Waals surface area contributed by atoms with E-state index in [-0.39, 0.29) is 5.56 Å². The molecule has 0 aliphatic carbocycles. The number of benzene rings is 1. The van der Waals surface area contributed by atoms with Crippen molar-refractivity contribution < 1.29 is 0 Å². The molecule has 25 heavy (non-hydrogen) atoms. The van der Waals surface area contributed by atoms with Gasteiger partial charge in [0.15, 0.2) is 0 Å². The van der Waals surface area contributed by atoms with Gasteiger partial charge in [-0.1, -0.05) is 34.1 Å². The quantitative estimate of drug-likeness (QED) is 0.738. The number of aromatic amines is 1. The predicted octanol–water partition coefficient (Wildman–Crippen LogP) is 3.15. The SMILES string of the molecule is O=c1[nH]c(-c2cccnc2)nc2c1CCN(Cc1ccccc1Br)C2. The fraction of sp³-hybridized carbons (Fsp3) is 0.211. The van der Waals surface area contributed by atoms with Gasteiger partial charge in [0.2, 0.25) is 0 Å². The van der Waals surface area contributed by atoms with E-state index in [0.29, 0.717) is 12.4 Å². The van der Waals surface area contributed by atoms with E-state index in [9.17, 15) is 4.79 Å². The number of halogens is 1. The van der Waals surface area contributed by atoms with Crippen LogP contribution in [0.3, 0.4) is 0 Å². The zero-order chi connectivity index (χ0) is 17.2. The van der Waals surface area contributed by atoms with Gasteiger partial charge in [0.05, 0.1) is 5.69 Å². The van der Waals surface area contributed by atoms with Crippen molar-refractivity contribution in [3.63, 3.8) is 0 Å². The first-order valence-corrected chi connectivity index (χ1v) is 8.98. The highest BCUT2D eigenvalue weighted by molar-refractivity contribution is 9.10. The fourth-order valence-electron chi connectivity index (χ4n) is 3.14. The molecule has 1 aliphatic heterocycles. The molecule has 3 heterocycles. The minimum Gasteiger partial charge on any atom is -0.306 e. The van der Waals surface area contributed by atoms with E-state index in [1.165, 1.54) is 5.56 Å². The molecule has 2 aromatic heterocycles. The summed E-state index contributed by atoms with van der Waals surface area (Å²) in [5, 5.41) is 0. The van der Waals surface area contributed by atoms with Crippen molar-refractivity contribution in [2.45, 2.75) is 19.5 Å². The molecule has 6 heteroatoms. The second-order valence-corrected chi connectivity index (χ2v) is 6.99. The number of pyridine rings is 1. The highest BCUT2D eigenvalue weighted by Gasteiger charge is 2.21. The fourth-order valence-corrected chi connectivity index (χ4v) is 3.55. The van der Waals surface area contributed by atoms with E-state index in [2.05, 4.69) is 42.9 Å². The first-order chi connectivity index (χ1) is 12.2. The van der Waals surface area contributed by atoms with E-state index in [4.69, 9.17) is 4.98 Å². The Balaban J connectivity index is 1.63. The van der Waals surface area contributed by atoms with Crippen molar-refractivity contribution in [3.8, 4) is 11.4 Å². The Hall–Kier alpha value is -2.31. The Morgan fingerprint density at radius 1 is 1.20 bits per heavy atom. The maximum absolute atomic E-state index is 12.4. The van der Waals surface area contributed by atoms with Crippen LogP contribution in [0.25, 0.3) is 11.4 Å². The molecule has 0 amide bonds. The molecule has 3 aromatic rings. The number of hydrogen-bond acceptors (Lipinski definition) is 4.